The molecular formula is C19H21N3O3. The molecule has 130 valence electrons. The minimum absolute atomic E-state index is 0.260. The number of aromatic nitrogens is 2. The summed E-state index contributed by atoms with van der Waals surface area (Å²) in [6, 6.07) is 11.3. The van der Waals surface area contributed by atoms with Crippen LogP contribution in [0.2, 0.25) is 0 Å². The topological polar surface area (TPSA) is 69.3 Å². The summed E-state index contributed by atoms with van der Waals surface area (Å²) in [5.74, 6) is 1.44. The predicted molar refractivity (Wildman–Crippen MR) is 93.3 cm³/mol. The molecule has 2 heterocycles. The van der Waals surface area contributed by atoms with Crippen molar-refractivity contribution in [2.24, 2.45) is 7.05 Å². The van der Waals surface area contributed by atoms with Crippen LogP contribution in [0.1, 0.15) is 33.1 Å². The van der Waals surface area contributed by atoms with Crippen LogP contribution >= 0.6 is 0 Å². The number of para-hydroxylation sites is 1. The minimum Gasteiger partial charge on any atom is -0.485 e. The van der Waals surface area contributed by atoms with E-state index < -0.39 is 0 Å². The van der Waals surface area contributed by atoms with E-state index in [0.29, 0.717) is 12.3 Å². The van der Waals surface area contributed by atoms with Gasteiger partial charge < -0.3 is 14.5 Å². The third-order valence-electron chi connectivity index (χ3n) is 3.85. The number of ether oxygens (including phenoxy) is 1. The first kappa shape index (κ1) is 16.8. The number of furan rings is 1. The first-order chi connectivity index (χ1) is 12.0. The third kappa shape index (κ3) is 4.09. The van der Waals surface area contributed by atoms with Crippen LogP contribution in [0.25, 0.3) is 0 Å². The number of nitrogens with one attached hydrogen (secondary N) is 1. The van der Waals surface area contributed by atoms with Crippen molar-refractivity contribution in [3.8, 4) is 5.75 Å². The molecule has 0 radical (unpaired) electrons. The molecule has 3 aromatic rings. The van der Waals surface area contributed by atoms with Crippen LogP contribution in [0.5, 0.6) is 5.75 Å². The van der Waals surface area contributed by atoms with Crippen LogP contribution in [-0.4, -0.2) is 15.7 Å². The van der Waals surface area contributed by atoms with Gasteiger partial charge in [0, 0.05) is 13.2 Å². The Labute approximate surface area is 146 Å². The monoisotopic (exact) mass is 339 g/mol. The number of hydrogen-bond acceptors (Lipinski definition) is 4. The van der Waals surface area contributed by atoms with E-state index in [1.165, 1.54) is 0 Å². The second-order valence-corrected chi connectivity index (χ2v) is 5.94. The standard InChI is InChI=1S/C19H21N3O3/c1-13-5-4-6-14(2)18(13)24-12-16-7-8-17(25-16)19(23)20-11-15-9-10-22(3)21-15/h4-10H,11-12H2,1-3H3,(H,20,23). The summed E-state index contributed by atoms with van der Waals surface area (Å²) in [6.45, 7) is 4.63. The maximum absolute atomic E-state index is 12.1. The van der Waals surface area contributed by atoms with Gasteiger partial charge in [0.15, 0.2) is 5.76 Å². The average Bonchev–Trinajstić information content (AvgIpc) is 3.21. The lowest BCUT2D eigenvalue weighted by Gasteiger charge is -2.10. The average molecular weight is 339 g/mol. The second kappa shape index (κ2) is 7.25. The molecule has 1 N–H and O–H groups in total. The van der Waals surface area contributed by atoms with Gasteiger partial charge in [-0.15, -0.1) is 0 Å². The van der Waals surface area contributed by atoms with Crippen LogP contribution in [0, 0.1) is 13.8 Å². The largest absolute Gasteiger partial charge is 0.485 e. The van der Waals surface area contributed by atoms with Gasteiger partial charge >= 0.3 is 0 Å². The van der Waals surface area contributed by atoms with Crippen LogP contribution in [0.4, 0.5) is 0 Å². The first-order valence-corrected chi connectivity index (χ1v) is 8.07. The molecule has 0 fully saturated rings. The van der Waals surface area contributed by atoms with Crippen LogP contribution in [0.15, 0.2) is 47.0 Å². The summed E-state index contributed by atoms with van der Waals surface area (Å²) in [5, 5.41) is 7.00. The van der Waals surface area contributed by atoms with Gasteiger partial charge in [0.05, 0.1) is 12.2 Å². The quantitative estimate of drug-likeness (QED) is 0.749. The van der Waals surface area contributed by atoms with Crippen molar-refractivity contribution >= 4 is 5.91 Å². The molecule has 6 heteroatoms. The highest BCUT2D eigenvalue weighted by molar-refractivity contribution is 5.91. The maximum Gasteiger partial charge on any atom is 0.287 e. The number of carbonyl (C=O) groups excluding carboxylic acids is 1. The molecule has 0 atom stereocenters. The molecule has 2 aromatic heterocycles. The lowest BCUT2D eigenvalue weighted by atomic mass is 10.1. The summed E-state index contributed by atoms with van der Waals surface area (Å²) in [4.78, 5) is 12.1. The van der Waals surface area contributed by atoms with Gasteiger partial charge in [-0.05, 0) is 43.2 Å². The van der Waals surface area contributed by atoms with Crippen molar-refractivity contribution in [2.45, 2.75) is 27.0 Å². The zero-order valence-electron chi connectivity index (χ0n) is 14.6. The van der Waals surface area contributed by atoms with Crippen molar-refractivity contribution in [3.63, 3.8) is 0 Å². The lowest BCUT2D eigenvalue weighted by molar-refractivity contribution is 0.0918. The normalized spacial score (nSPS) is 10.7. The van der Waals surface area contributed by atoms with E-state index in [0.717, 1.165) is 22.6 Å². The Bertz CT molecular complexity index is 859. The zero-order valence-corrected chi connectivity index (χ0v) is 14.6. The number of carbonyl (C=O) groups is 1. The Morgan fingerprint density at radius 1 is 1.20 bits per heavy atom. The summed E-state index contributed by atoms with van der Waals surface area (Å²) in [7, 11) is 1.83. The number of benzene rings is 1. The number of nitrogens with zero attached hydrogens (tertiary/aromatic N) is 2. The lowest BCUT2D eigenvalue weighted by Crippen LogP contribution is -2.22. The second-order valence-electron chi connectivity index (χ2n) is 5.94. The number of amides is 1. The highest BCUT2D eigenvalue weighted by atomic mass is 16.5. The highest BCUT2D eigenvalue weighted by Crippen LogP contribution is 2.23. The molecule has 0 spiro atoms. The third-order valence-corrected chi connectivity index (χ3v) is 3.85. The molecular weight excluding hydrogens is 318 g/mol. The smallest absolute Gasteiger partial charge is 0.287 e. The van der Waals surface area contributed by atoms with E-state index >= 15 is 0 Å². The Hall–Kier alpha value is -3.02. The van der Waals surface area contributed by atoms with E-state index in [2.05, 4.69) is 10.4 Å². The van der Waals surface area contributed by atoms with Gasteiger partial charge in [-0.1, -0.05) is 18.2 Å². The number of rotatable bonds is 6. The maximum atomic E-state index is 12.1. The Morgan fingerprint density at radius 2 is 1.96 bits per heavy atom. The molecule has 6 nitrogen and oxygen atoms in total. The van der Waals surface area contributed by atoms with Gasteiger partial charge in [0.2, 0.25) is 0 Å². The van der Waals surface area contributed by atoms with Crippen molar-refractivity contribution in [1.82, 2.24) is 15.1 Å². The molecule has 0 aliphatic rings. The molecule has 0 saturated carbocycles. The van der Waals surface area contributed by atoms with Crippen LogP contribution in [-0.2, 0) is 20.2 Å². The fraction of sp³-hybridized carbons (Fsp3) is 0.263. The van der Waals surface area contributed by atoms with Gasteiger partial charge in [-0.3, -0.25) is 9.48 Å². The summed E-state index contributed by atoms with van der Waals surface area (Å²) in [6.07, 6.45) is 1.83. The van der Waals surface area contributed by atoms with Crippen molar-refractivity contribution in [2.75, 3.05) is 0 Å². The van der Waals surface area contributed by atoms with Gasteiger partial charge in [0.1, 0.15) is 18.1 Å². The van der Waals surface area contributed by atoms with Gasteiger partial charge in [-0.2, -0.15) is 5.10 Å². The zero-order chi connectivity index (χ0) is 17.8. The Kier molecular flexibility index (Phi) is 4.88. The van der Waals surface area contributed by atoms with E-state index in [1.54, 1.807) is 16.8 Å². The molecule has 25 heavy (non-hydrogen) atoms. The molecule has 1 aromatic carbocycles. The molecule has 1 amide bonds. The van der Waals surface area contributed by atoms with Crippen molar-refractivity contribution in [3.05, 3.63) is 70.9 Å². The number of aryl methyl sites for hydroxylation is 3. The van der Waals surface area contributed by atoms with Crippen molar-refractivity contribution in [1.29, 1.82) is 0 Å². The summed E-state index contributed by atoms with van der Waals surface area (Å²) in [5.41, 5.74) is 2.93. The molecule has 0 aliphatic heterocycles. The van der Waals surface area contributed by atoms with Crippen LogP contribution < -0.4 is 10.1 Å². The number of hydrogen-bond donors (Lipinski definition) is 1. The SMILES string of the molecule is Cc1cccc(C)c1OCc1ccc(C(=O)NCc2ccn(C)n2)o1. The van der Waals surface area contributed by atoms with Gasteiger partial charge in [-0.25, -0.2) is 0 Å². The van der Waals surface area contributed by atoms with E-state index in [1.807, 2.05) is 51.4 Å². The van der Waals surface area contributed by atoms with Gasteiger partial charge in [0.25, 0.3) is 5.91 Å². The molecule has 0 saturated heterocycles. The Balaban J connectivity index is 1.57. The highest BCUT2D eigenvalue weighted by Gasteiger charge is 2.12. The van der Waals surface area contributed by atoms with Crippen LogP contribution in [0.3, 0.4) is 0 Å². The molecule has 3 rings (SSSR count). The van der Waals surface area contributed by atoms with Crippen molar-refractivity contribution < 1.29 is 13.9 Å². The molecule has 0 unspecified atom stereocenters. The summed E-state index contributed by atoms with van der Waals surface area (Å²) >= 11 is 0. The van der Waals surface area contributed by atoms with E-state index in [-0.39, 0.29) is 18.3 Å². The predicted octanol–water partition coefficient (Wildman–Crippen LogP) is 3.14. The Morgan fingerprint density at radius 3 is 2.64 bits per heavy atom. The molecule has 0 bridgehead atoms. The van der Waals surface area contributed by atoms with E-state index in [9.17, 15) is 4.79 Å². The van der Waals surface area contributed by atoms with E-state index in [4.69, 9.17) is 9.15 Å². The summed E-state index contributed by atoms with van der Waals surface area (Å²) < 4.78 is 13.1. The molecule has 0 aliphatic carbocycles. The first-order valence-electron chi connectivity index (χ1n) is 8.07. The fourth-order valence-corrected chi connectivity index (χ4v) is 2.56. The fourth-order valence-electron chi connectivity index (χ4n) is 2.56. The minimum atomic E-state index is -0.274.